The van der Waals surface area contributed by atoms with Crippen LogP contribution in [0.3, 0.4) is 0 Å². The van der Waals surface area contributed by atoms with E-state index in [0.29, 0.717) is 46.9 Å². The molecule has 2 aromatic carbocycles. The Morgan fingerprint density at radius 3 is 2.79 bits per heavy atom. The summed E-state index contributed by atoms with van der Waals surface area (Å²) in [5.41, 5.74) is 2.94. The lowest BCUT2D eigenvalue weighted by Crippen LogP contribution is -2.13. The number of anilines is 3. The van der Waals surface area contributed by atoms with E-state index in [0.717, 1.165) is 11.3 Å². The Kier molecular flexibility index (Phi) is 7.64. The summed E-state index contributed by atoms with van der Waals surface area (Å²) in [6, 6.07) is 14.7. The molecule has 1 aromatic heterocycles. The molecular formula is C26H25N5O2. The van der Waals surface area contributed by atoms with Crippen LogP contribution >= 0.6 is 0 Å². The fourth-order valence-corrected chi connectivity index (χ4v) is 3.12. The second-order valence-electron chi connectivity index (χ2n) is 7.47. The quantitative estimate of drug-likeness (QED) is 0.402. The molecule has 2 N–H and O–H groups in total. The van der Waals surface area contributed by atoms with Crippen LogP contribution in [0.25, 0.3) is 10.9 Å². The number of nitrogens with one attached hydrogen (secondary N) is 2. The Hall–Kier alpha value is -4.33. The molecule has 0 aliphatic carbocycles. The van der Waals surface area contributed by atoms with E-state index in [9.17, 15) is 10.1 Å². The van der Waals surface area contributed by atoms with Crippen molar-refractivity contribution in [2.45, 2.75) is 6.92 Å². The van der Waals surface area contributed by atoms with Gasteiger partial charge in [0, 0.05) is 35.3 Å². The maximum absolute atomic E-state index is 12.4. The van der Waals surface area contributed by atoms with Crippen LogP contribution in [0.1, 0.15) is 18.1 Å². The van der Waals surface area contributed by atoms with Gasteiger partial charge in [0.2, 0.25) is 5.91 Å². The fourth-order valence-electron chi connectivity index (χ4n) is 3.12. The molecule has 0 aliphatic heterocycles. The molecule has 166 valence electrons. The van der Waals surface area contributed by atoms with Crippen molar-refractivity contribution in [3.8, 4) is 24.2 Å². The maximum atomic E-state index is 12.4. The van der Waals surface area contributed by atoms with Crippen LogP contribution in [0.15, 0.2) is 54.6 Å². The first-order valence-corrected chi connectivity index (χ1v) is 10.4. The summed E-state index contributed by atoms with van der Waals surface area (Å²) >= 11 is 0. The predicted molar refractivity (Wildman–Crippen MR) is 132 cm³/mol. The van der Waals surface area contributed by atoms with Gasteiger partial charge in [0.25, 0.3) is 0 Å². The highest BCUT2D eigenvalue weighted by Crippen LogP contribution is 2.32. The van der Waals surface area contributed by atoms with Crippen molar-refractivity contribution in [2.75, 3.05) is 37.9 Å². The molecule has 3 rings (SSSR count). The molecule has 1 heterocycles. The minimum absolute atomic E-state index is 0.266. The van der Waals surface area contributed by atoms with Gasteiger partial charge in [-0.25, -0.2) is 4.98 Å². The van der Waals surface area contributed by atoms with Crippen molar-refractivity contribution < 1.29 is 9.53 Å². The molecule has 0 unspecified atom stereocenters. The highest BCUT2D eigenvalue weighted by atomic mass is 16.5. The number of hydrogen-bond acceptors (Lipinski definition) is 6. The number of ether oxygens (including phenoxy) is 1. The number of rotatable bonds is 8. The van der Waals surface area contributed by atoms with Gasteiger partial charge in [0.1, 0.15) is 17.6 Å². The Labute approximate surface area is 193 Å². The zero-order valence-corrected chi connectivity index (χ0v) is 18.8. The first-order valence-electron chi connectivity index (χ1n) is 10.4. The van der Waals surface area contributed by atoms with Gasteiger partial charge in [0.05, 0.1) is 23.4 Å². The molecule has 33 heavy (non-hydrogen) atoms. The standard InChI is InChI=1S/C26H25N5O2/c1-5-18-9-7-10-21(13-18)28-26-20(17-27)14-19-15-23(24(33-6-2)16-22(19)30-26)29-25(32)11-8-12-31(3)4/h1,7-11,13-16H,6,12H2,2-4H3,(H,28,30)(H,29,32)/b11-8+. The predicted octanol–water partition coefficient (Wildman–Crippen LogP) is 4.29. The van der Waals surface area contributed by atoms with Gasteiger partial charge >= 0.3 is 0 Å². The Morgan fingerprint density at radius 1 is 1.27 bits per heavy atom. The van der Waals surface area contributed by atoms with Gasteiger partial charge < -0.3 is 20.3 Å². The average molecular weight is 440 g/mol. The van der Waals surface area contributed by atoms with E-state index >= 15 is 0 Å². The summed E-state index contributed by atoms with van der Waals surface area (Å²) in [4.78, 5) is 18.9. The number of fused-ring (bicyclic) bond motifs is 1. The summed E-state index contributed by atoms with van der Waals surface area (Å²) in [5.74, 6) is 3.23. The monoisotopic (exact) mass is 439 g/mol. The lowest BCUT2D eigenvalue weighted by atomic mass is 10.1. The number of benzene rings is 2. The van der Waals surface area contributed by atoms with E-state index in [1.807, 2.05) is 44.1 Å². The molecule has 1 amide bonds. The number of terminal acetylenes is 1. The van der Waals surface area contributed by atoms with Crippen LogP contribution in [-0.2, 0) is 4.79 Å². The van der Waals surface area contributed by atoms with Gasteiger partial charge in [-0.1, -0.05) is 18.1 Å². The van der Waals surface area contributed by atoms with E-state index in [4.69, 9.17) is 11.2 Å². The first-order chi connectivity index (χ1) is 15.9. The summed E-state index contributed by atoms with van der Waals surface area (Å²) in [5, 5.41) is 16.4. The topological polar surface area (TPSA) is 90.3 Å². The molecule has 0 saturated carbocycles. The second kappa shape index (κ2) is 10.8. The summed E-state index contributed by atoms with van der Waals surface area (Å²) in [7, 11) is 3.85. The molecule has 3 aromatic rings. The molecule has 0 fully saturated rings. The number of pyridine rings is 1. The van der Waals surface area contributed by atoms with Crippen LogP contribution in [0.5, 0.6) is 5.75 Å². The number of nitrogens with zero attached hydrogens (tertiary/aromatic N) is 3. The molecule has 7 nitrogen and oxygen atoms in total. The number of carbonyl (C=O) groups is 1. The largest absolute Gasteiger partial charge is 0.492 e. The van der Waals surface area contributed by atoms with Crippen LogP contribution in [0.2, 0.25) is 0 Å². The lowest BCUT2D eigenvalue weighted by Gasteiger charge is -2.14. The fraction of sp³-hybridized carbons (Fsp3) is 0.192. The molecule has 0 bridgehead atoms. The van der Waals surface area contributed by atoms with Crippen LogP contribution in [-0.4, -0.2) is 43.0 Å². The van der Waals surface area contributed by atoms with Crippen molar-refractivity contribution in [1.82, 2.24) is 9.88 Å². The van der Waals surface area contributed by atoms with Crippen LogP contribution in [0.4, 0.5) is 17.2 Å². The molecule has 0 atom stereocenters. The number of amides is 1. The minimum Gasteiger partial charge on any atom is -0.492 e. The van der Waals surface area contributed by atoms with Crippen LogP contribution < -0.4 is 15.4 Å². The SMILES string of the molecule is C#Cc1cccc(Nc2nc3cc(OCC)c(NC(=O)/C=C/CN(C)C)cc3cc2C#N)c1. The normalized spacial score (nSPS) is 10.7. The number of nitriles is 1. The zero-order chi connectivity index (χ0) is 23.8. The van der Waals surface area contributed by atoms with E-state index in [2.05, 4.69) is 27.6 Å². The smallest absolute Gasteiger partial charge is 0.248 e. The minimum atomic E-state index is -0.266. The third-order valence-corrected chi connectivity index (χ3v) is 4.63. The molecule has 7 heteroatoms. The summed E-state index contributed by atoms with van der Waals surface area (Å²) < 4.78 is 5.74. The average Bonchev–Trinajstić information content (AvgIpc) is 2.79. The molecule has 0 aliphatic rings. The summed E-state index contributed by atoms with van der Waals surface area (Å²) in [6.45, 7) is 2.94. The van der Waals surface area contributed by atoms with Crippen molar-refractivity contribution >= 4 is 34.0 Å². The van der Waals surface area contributed by atoms with Gasteiger partial charge in [-0.15, -0.1) is 6.42 Å². The van der Waals surface area contributed by atoms with E-state index in [1.54, 1.807) is 30.3 Å². The van der Waals surface area contributed by atoms with Gasteiger partial charge in [0.15, 0.2) is 0 Å². The third kappa shape index (κ3) is 6.10. The van der Waals surface area contributed by atoms with Gasteiger partial charge in [-0.2, -0.15) is 5.26 Å². The van der Waals surface area contributed by atoms with Crippen LogP contribution in [0, 0.1) is 23.7 Å². The Morgan fingerprint density at radius 2 is 2.09 bits per heavy atom. The highest BCUT2D eigenvalue weighted by Gasteiger charge is 2.13. The van der Waals surface area contributed by atoms with E-state index in [1.165, 1.54) is 6.08 Å². The second-order valence-corrected chi connectivity index (χ2v) is 7.47. The number of carbonyl (C=O) groups excluding carboxylic acids is 1. The number of aromatic nitrogens is 1. The van der Waals surface area contributed by atoms with Gasteiger partial charge in [-0.05, 0) is 51.4 Å². The number of likely N-dealkylation sites (N-methyl/N-ethyl adjacent to an activating group) is 1. The van der Waals surface area contributed by atoms with Crippen molar-refractivity contribution in [3.05, 3.63) is 65.7 Å². The molecule has 0 spiro atoms. The van der Waals surface area contributed by atoms with Gasteiger partial charge in [-0.3, -0.25) is 4.79 Å². The van der Waals surface area contributed by atoms with E-state index < -0.39 is 0 Å². The summed E-state index contributed by atoms with van der Waals surface area (Å²) in [6.07, 6.45) is 8.74. The van der Waals surface area contributed by atoms with E-state index in [-0.39, 0.29) is 5.91 Å². The molecule has 0 saturated heterocycles. The highest BCUT2D eigenvalue weighted by molar-refractivity contribution is 6.02. The Bertz CT molecular complexity index is 1280. The first kappa shape index (κ1) is 23.3. The number of hydrogen-bond donors (Lipinski definition) is 2. The van der Waals surface area contributed by atoms with Crippen molar-refractivity contribution in [1.29, 1.82) is 5.26 Å². The third-order valence-electron chi connectivity index (χ3n) is 4.63. The maximum Gasteiger partial charge on any atom is 0.248 e. The zero-order valence-electron chi connectivity index (χ0n) is 18.8. The molecule has 0 radical (unpaired) electrons. The van der Waals surface area contributed by atoms with Crippen molar-refractivity contribution in [2.24, 2.45) is 0 Å². The molecular weight excluding hydrogens is 414 g/mol. The Balaban J connectivity index is 1.97. The lowest BCUT2D eigenvalue weighted by molar-refractivity contribution is -0.111. The van der Waals surface area contributed by atoms with Crippen molar-refractivity contribution in [3.63, 3.8) is 0 Å².